The normalized spacial score (nSPS) is 16.7. The van der Waals surface area contributed by atoms with Gasteiger partial charge >= 0.3 is 0 Å². The summed E-state index contributed by atoms with van der Waals surface area (Å²) in [6.07, 6.45) is 1.59. The molecule has 2 aromatic rings. The van der Waals surface area contributed by atoms with E-state index in [1.165, 1.54) is 17.0 Å². The van der Waals surface area contributed by atoms with Gasteiger partial charge < -0.3 is 9.64 Å². The smallest absolute Gasteiger partial charge is 0.257 e. The first kappa shape index (κ1) is 19.0. The summed E-state index contributed by atoms with van der Waals surface area (Å²) in [7, 11) is 0. The summed E-state index contributed by atoms with van der Waals surface area (Å²) in [6, 6.07) is 6.91. The number of halogens is 4. The first-order chi connectivity index (χ1) is 12.4. The molecule has 8 heteroatoms. The van der Waals surface area contributed by atoms with Gasteiger partial charge in [0.05, 0.1) is 11.7 Å². The summed E-state index contributed by atoms with van der Waals surface area (Å²) in [5.74, 6) is -1.75. The van der Waals surface area contributed by atoms with E-state index in [0.29, 0.717) is 12.2 Å². The van der Waals surface area contributed by atoms with Crippen molar-refractivity contribution >= 4 is 29.1 Å². The molecule has 1 aromatic heterocycles. The van der Waals surface area contributed by atoms with Gasteiger partial charge in [0.15, 0.2) is 11.0 Å². The Kier molecular flexibility index (Phi) is 6.06. The Bertz CT molecular complexity index is 814. The van der Waals surface area contributed by atoms with Crippen molar-refractivity contribution in [2.45, 2.75) is 25.5 Å². The van der Waals surface area contributed by atoms with Gasteiger partial charge in [-0.05, 0) is 36.6 Å². The van der Waals surface area contributed by atoms with Gasteiger partial charge in [0, 0.05) is 19.7 Å². The van der Waals surface area contributed by atoms with Crippen LogP contribution in [0.1, 0.15) is 28.8 Å². The molecule has 0 saturated carbocycles. The molecular weight excluding hydrogens is 385 g/mol. The maximum absolute atomic E-state index is 13.8. The topological polar surface area (TPSA) is 42.4 Å². The second-order valence-electron chi connectivity index (χ2n) is 6.05. The minimum atomic E-state index is -0.831. The predicted molar refractivity (Wildman–Crippen MR) is 94.3 cm³/mol. The van der Waals surface area contributed by atoms with Crippen molar-refractivity contribution in [2.24, 2.45) is 0 Å². The number of hydrogen-bond acceptors (Lipinski definition) is 3. The molecule has 1 amide bonds. The zero-order valence-electron chi connectivity index (χ0n) is 13.7. The van der Waals surface area contributed by atoms with E-state index < -0.39 is 22.7 Å². The minimum absolute atomic E-state index is 0.0945. The molecule has 0 spiro atoms. The van der Waals surface area contributed by atoms with Crippen LogP contribution in [0.25, 0.3) is 0 Å². The maximum Gasteiger partial charge on any atom is 0.257 e. The van der Waals surface area contributed by atoms with Gasteiger partial charge in [-0.2, -0.15) is 0 Å². The van der Waals surface area contributed by atoms with Gasteiger partial charge in [-0.15, -0.1) is 0 Å². The number of hydrogen-bond donors (Lipinski definition) is 0. The molecule has 0 aliphatic carbocycles. The van der Waals surface area contributed by atoms with Crippen LogP contribution >= 0.6 is 23.2 Å². The van der Waals surface area contributed by atoms with E-state index in [0.717, 1.165) is 18.9 Å². The fourth-order valence-electron chi connectivity index (χ4n) is 2.88. The van der Waals surface area contributed by atoms with E-state index in [1.807, 2.05) is 0 Å². The molecular formula is C18H16Cl2F2N2O2. The molecule has 3 rings (SSSR count). The van der Waals surface area contributed by atoms with Crippen molar-refractivity contribution in [3.05, 3.63) is 63.4 Å². The molecule has 2 heterocycles. The first-order valence-electron chi connectivity index (χ1n) is 8.11. The summed E-state index contributed by atoms with van der Waals surface area (Å²) in [6.45, 7) is 1.05. The monoisotopic (exact) mass is 400 g/mol. The lowest BCUT2D eigenvalue weighted by atomic mass is 10.1. The number of benzene rings is 1. The van der Waals surface area contributed by atoms with E-state index in [4.69, 9.17) is 27.9 Å². The van der Waals surface area contributed by atoms with Crippen LogP contribution in [0, 0.1) is 11.6 Å². The average molecular weight is 401 g/mol. The molecule has 0 radical (unpaired) electrons. The quantitative estimate of drug-likeness (QED) is 0.694. The average Bonchev–Trinajstić information content (AvgIpc) is 3.10. The zero-order chi connectivity index (χ0) is 18.7. The molecule has 0 N–H and O–H groups in total. The second kappa shape index (κ2) is 8.29. The third-order valence-electron chi connectivity index (χ3n) is 4.11. The molecule has 1 aliphatic heterocycles. The summed E-state index contributed by atoms with van der Waals surface area (Å²) < 4.78 is 32.8. The van der Waals surface area contributed by atoms with E-state index in [1.54, 1.807) is 12.1 Å². The van der Waals surface area contributed by atoms with Crippen LogP contribution in [0.5, 0.6) is 0 Å². The standard InChI is InChI=1S/C18H16Cl2F2N2O2/c19-16-14(8-15(22)17(20)23-16)18(25)24(10-13-5-2-6-26-13)9-11-3-1-4-12(21)7-11/h1,3-4,7-8,13H,2,5-6,9-10H2/t13-/m0/s1. The van der Waals surface area contributed by atoms with Gasteiger partial charge in [-0.3, -0.25) is 4.79 Å². The third kappa shape index (κ3) is 4.50. The molecule has 4 nitrogen and oxygen atoms in total. The van der Waals surface area contributed by atoms with Gasteiger partial charge in [-0.1, -0.05) is 35.3 Å². The third-order valence-corrected chi connectivity index (χ3v) is 4.67. The van der Waals surface area contributed by atoms with E-state index >= 15 is 0 Å². The number of amides is 1. The number of ether oxygens (including phenoxy) is 1. The molecule has 138 valence electrons. The van der Waals surface area contributed by atoms with Gasteiger partial charge in [-0.25, -0.2) is 13.8 Å². The minimum Gasteiger partial charge on any atom is -0.376 e. The summed E-state index contributed by atoms with van der Waals surface area (Å²) in [5.41, 5.74) is 0.512. The van der Waals surface area contributed by atoms with Crippen molar-refractivity contribution in [3.8, 4) is 0 Å². The Morgan fingerprint density at radius 3 is 2.77 bits per heavy atom. The number of rotatable bonds is 5. The van der Waals surface area contributed by atoms with Crippen LogP contribution in [-0.4, -0.2) is 35.0 Å². The molecule has 1 aromatic carbocycles. The van der Waals surface area contributed by atoms with Crippen molar-refractivity contribution in [2.75, 3.05) is 13.2 Å². The number of aromatic nitrogens is 1. The number of nitrogens with zero attached hydrogens (tertiary/aromatic N) is 2. The fourth-order valence-corrected chi connectivity index (χ4v) is 3.28. The van der Waals surface area contributed by atoms with Crippen LogP contribution in [-0.2, 0) is 11.3 Å². The van der Waals surface area contributed by atoms with Gasteiger partial charge in [0.25, 0.3) is 5.91 Å². The summed E-state index contributed by atoms with van der Waals surface area (Å²) >= 11 is 11.6. The fraction of sp³-hybridized carbons (Fsp3) is 0.333. The Labute approximate surface area is 159 Å². The molecule has 1 atom stereocenters. The van der Waals surface area contributed by atoms with Crippen LogP contribution in [0.2, 0.25) is 10.3 Å². The zero-order valence-corrected chi connectivity index (χ0v) is 15.2. The molecule has 1 fully saturated rings. The summed E-state index contributed by atoms with van der Waals surface area (Å²) in [4.78, 5) is 18.1. The van der Waals surface area contributed by atoms with Crippen molar-refractivity contribution in [1.82, 2.24) is 9.88 Å². The Hall–Kier alpha value is -1.76. The Balaban J connectivity index is 1.88. The van der Waals surface area contributed by atoms with Crippen LogP contribution in [0.4, 0.5) is 8.78 Å². The van der Waals surface area contributed by atoms with Crippen molar-refractivity contribution in [3.63, 3.8) is 0 Å². The largest absolute Gasteiger partial charge is 0.376 e. The molecule has 26 heavy (non-hydrogen) atoms. The van der Waals surface area contributed by atoms with Crippen LogP contribution in [0.15, 0.2) is 30.3 Å². The lowest BCUT2D eigenvalue weighted by Crippen LogP contribution is -2.37. The first-order valence-corrected chi connectivity index (χ1v) is 8.86. The van der Waals surface area contributed by atoms with Gasteiger partial charge in [0.2, 0.25) is 0 Å². The highest BCUT2D eigenvalue weighted by molar-refractivity contribution is 6.34. The van der Waals surface area contributed by atoms with Crippen LogP contribution in [0.3, 0.4) is 0 Å². The lowest BCUT2D eigenvalue weighted by Gasteiger charge is -2.26. The molecule has 0 bridgehead atoms. The maximum atomic E-state index is 13.8. The summed E-state index contributed by atoms with van der Waals surface area (Å²) in [5, 5.41) is -0.583. The predicted octanol–water partition coefficient (Wildman–Crippen LogP) is 4.49. The van der Waals surface area contributed by atoms with Crippen molar-refractivity contribution in [1.29, 1.82) is 0 Å². The van der Waals surface area contributed by atoms with Crippen molar-refractivity contribution < 1.29 is 18.3 Å². The number of carbonyl (C=O) groups excluding carboxylic acids is 1. The lowest BCUT2D eigenvalue weighted by molar-refractivity contribution is 0.0506. The van der Waals surface area contributed by atoms with Gasteiger partial charge in [0.1, 0.15) is 11.0 Å². The van der Waals surface area contributed by atoms with E-state index in [2.05, 4.69) is 4.98 Å². The molecule has 0 unspecified atom stereocenters. The number of carbonyl (C=O) groups is 1. The number of pyridine rings is 1. The highest BCUT2D eigenvalue weighted by Crippen LogP contribution is 2.24. The second-order valence-corrected chi connectivity index (χ2v) is 6.77. The molecule has 1 aliphatic rings. The van der Waals surface area contributed by atoms with E-state index in [-0.39, 0.29) is 29.9 Å². The SMILES string of the molecule is O=C(c1cc(F)c(Cl)nc1Cl)N(Cc1cccc(F)c1)C[C@@H]1CCCO1. The highest BCUT2D eigenvalue weighted by atomic mass is 35.5. The molecule has 1 saturated heterocycles. The van der Waals surface area contributed by atoms with Crippen LogP contribution < -0.4 is 0 Å². The Morgan fingerprint density at radius 2 is 2.08 bits per heavy atom. The highest BCUT2D eigenvalue weighted by Gasteiger charge is 2.26. The Morgan fingerprint density at radius 1 is 1.27 bits per heavy atom. The van der Waals surface area contributed by atoms with E-state index in [9.17, 15) is 13.6 Å².